The molecule has 1 aromatic rings. The van der Waals surface area contributed by atoms with Crippen LogP contribution in [-0.4, -0.2) is 16.5 Å². The van der Waals surface area contributed by atoms with Gasteiger partial charge in [0.15, 0.2) is 5.78 Å². The van der Waals surface area contributed by atoms with Crippen molar-refractivity contribution in [2.24, 2.45) is 5.92 Å². The van der Waals surface area contributed by atoms with Crippen molar-refractivity contribution in [1.82, 2.24) is 0 Å². The van der Waals surface area contributed by atoms with Gasteiger partial charge in [-0.05, 0) is 56.7 Å². The Bertz CT molecular complexity index is 467. The molecule has 1 aliphatic rings. The Morgan fingerprint density at radius 1 is 1.18 bits per heavy atom. The molecule has 1 aromatic carbocycles. The fourth-order valence-electron chi connectivity index (χ4n) is 2.66. The standard InChI is InChI=1S/C15H20O2/c1-9-5-6-10(2)14-12(9)7-11(8-13(14)16)15(3,4)17/h5-6,11,17H,7-8H2,1-4H3/t11-/m0/s1. The zero-order chi connectivity index (χ0) is 12.8. The molecular weight excluding hydrogens is 212 g/mol. The molecule has 0 aliphatic heterocycles. The molecule has 2 heteroatoms. The zero-order valence-electron chi connectivity index (χ0n) is 11.0. The van der Waals surface area contributed by atoms with E-state index < -0.39 is 5.60 Å². The Balaban J connectivity index is 2.50. The summed E-state index contributed by atoms with van der Waals surface area (Å²) < 4.78 is 0. The summed E-state index contributed by atoms with van der Waals surface area (Å²) in [5.41, 5.74) is 3.46. The largest absolute Gasteiger partial charge is 0.390 e. The highest BCUT2D eigenvalue weighted by molar-refractivity contribution is 6.00. The molecule has 0 unspecified atom stereocenters. The monoisotopic (exact) mass is 232 g/mol. The second-order valence-corrected chi connectivity index (χ2v) is 5.73. The third kappa shape index (κ3) is 2.14. The molecule has 0 spiro atoms. The van der Waals surface area contributed by atoms with Crippen LogP contribution in [0.4, 0.5) is 0 Å². The first-order valence-corrected chi connectivity index (χ1v) is 6.15. The summed E-state index contributed by atoms with van der Waals surface area (Å²) in [6, 6.07) is 4.07. The van der Waals surface area contributed by atoms with Crippen molar-refractivity contribution in [2.45, 2.75) is 46.1 Å². The molecule has 2 rings (SSSR count). The SMILES string of the molecule is Cc1ccc(C)c2c1C[C@H](C(C)(C)O)CC2=O. The van der Waals surface area contributed by atoms with Crippen molar-refractivity contribution in [1.29, 1.82) is 0 Å². The number of ketones is 1. The maximum absolute atomic E-state index is 12.2. The Morgan fingerprint density at radius 2 is 1.76 bits per heavy atom. The first-order chi connectivity index (χ1) is 7.80. The van der Waals surface area contributed by atoms with E-state index in [1.807, 2.05) is 19.9 Å². The summed E-state index contributed by atoms with van der Waals surface area (Å²) in [5.74, 6) is 0.211. The smallest absolute Gasteiger partial charge is 0.163 e. The van der Waals surface area contributed by atoms with E-state index in [1.54, 1.807) is 13.8 Å². The molecule has 1 atom stereocenters. The molecule has 17 heavy (non-hydrogen) atoms. The van der Waals surface area contributed by atoms with Gasteiger partial charge in [0.05, 0.1) is 5.60 Å². The Morgan fingerprint density at radius 3 is 2.35 bits per heavy atom. The van der Waals surface area contributed by atoms with Crippen LogP contribution in [0.25, 0.3) is 0 Å². The van der Waals surface area contributed by atoms with Crippen LogP contribution in [-0.2, 0) is 6.42 Å². The predicted molar refractivity (Wildman–Crippen MR) is 68.4 cm³/mol. The van der Waals surface area contributed by atoms with Crippen molar-refractivity contribution in [3.05, 3.63) is 34.4 Å². The van der Waals surface area contributed by atoms with Gasteiger partial charge in [-0.2, -0.15) is 0 Å². The number of aryl methyl sites for hydroxylation is 2. The van der Waals surface area contributed by atoms with E-state index in [-0.39, 0.29) is 11.7 Å². The number of carbonyl (C=O) groups excluding carboxylic acids is 1. The molecule has 0 saturated carbocycles. The fourth-order valence-corrected chi connectivity index (χ4v) is 2.66. The minimum atomic E-state index is -0.788. The van der Waals surface area contributed by atoms with Crippen LogP contribution < -0.4 is 0 Å². The lowest BCUT2D eigenvalue weighted by Crippen LogP contribution is -2.37. The van der Waals surface area contributed by atoms with Gasteiger partial charge in [0.2, 0.25) is 0 Å². The van der Waals surface area contributed by atoms with Gasteiger partial charge < -0.3 is 5.11 Å². The highest BCUT2D eigenvalue weighted by atomic mass is 16.3. The molecule has 0 heterocycles. The summed E-state index contributed by atoms with van der Waals surface area (Å²) >= 11 is 0. The number of fused-ring (bicyclic) bond motifs is 1. The average molecular weight is 232 g/mol. The highest BCUT2D eigenvalue weighted by Gasteiger charge is 2.35. The quantitative estimate of drug-likeness (QED) is 0.808. The Labute approximate surface area is 103 Å². The third-order valence-electron chi connectivity index (χ3n) is 3.92. The van der Waals surface area contributed by atoms with Crippen molar-refractivity contribution in [3.8, 4) is 0 Å². The maximum Gasteiger partial charge on any atom is 0.163 e. The van der Waals surface area contributed by atoms with Crippen LogP contribution in [0.15, 0.2) is 12.1 Å². The van der Waals surface area contributed by atoms with Crippen LogP contribution in [0, 0.1) is 19.8 Å². The normalized spacial score (nSPS) is 20.3. The molecule has 2 nitrogen and oxygen atoms in total. The molecule has 92 valence electrons. The van der Waals surface area contributed by atoms with E-state index in [9.17, 15) is 9.90 Å². The second kappa shape index (κ2) is 3.95. The molecule has 1 N–H and O–H groups in total. The van der Waals surface area contributed by atoms with Gasteiger partial charge in [-0.3, -0.25) is 4.79 Å². The van der Waals surface area contributed by atoms with Crippen molar-refractivity contribution < 1.29 is 9.90 Å². The summed E-state index contributed by atoms with van der Waals surface area (Å²) in [4.78, 5) is 12.2. The zero-order valence-corrected chi connectivity index (χ0v) is 11.0. The first kappa shape index (κ1) is 12.3. The van der Waals surface area contributed by atoms with E-state index in [0.29, 0.717) is 6.42 Å². The summed E-state index contributed by atoms with van der Waals surface area (Å²) in [6.45, 7) is 7.61. The number of benzene rings is 1. The molecule has 1 aliphatic carbocycles. The molecule has 0 amide bonds. The summed E-state index contributed by atoms with van der Waals surface area (Å²) in [5, 5.41) is 10.1. The molecule has 0 bridgehead atoms. The molecular formula is C15H20O2. The number of aliphatic hydroxyl groups is 1. The lowest BCUT2D eigenvalue weighted by molar-refractivity contribution is 0.0116. The van der Waals surface area contributed by atoms with Gasteiger partial charge in [-0.15, -0.1) is 0 Å². The average Bonchev–Trinajstić information content (AvgIpc) is 2.21. The van der Waals surface area contributed by atoms with Crippen molar-refractivity contribution >= 4 is 5.78 Å². The van der Waals surface area contributed by atoms with Crippen LogP contribution in [0.3, 0.4) is 0 Å². The minimum absolute atomic E-state index is 0.0306. The number of carbonyl (C=O) groups is 1. The molecule has 0 aromatic heterocycles. The first-order valence-electron chi connectivity index (χ1n) is 6.15. The maximum atomic E-state index is 12.2. The van der Waals surface area contributed by atoms with Gasteiger partial charge in [-0.1, -0.05) is 12.1 Å². The van der Waals surface area contributed by atoms with Crippen LogP contribution >= 0.6 is 0 Å². The van der Waals surface area contributed by atoms with Crippen LogP contribution in [0.1, 0.15) is 47.3 Å². The summed E-state index contributed by atoms with van der Waals surface area (Å²) in [6.07, 6.45) is 1.26. The minimum Gasteiger partial charge on any atom is -0.390 e. The number of rotatable bonds is 1. The van der Waals surface area contributed by atoms with E-state index in [4.69, 9.17) is 0 Å². The van der Waals surface area contributed by atoms with Crippen LogP contribution in [0.5, 0.6) is 0 Å². The molecule has 0 radical (unpaired) electrons. The highest BCUT2D eigenvalue weighted by Crippen LogP contribution is 2.35. The number of hydrogen-bond donors (Lipinski definition) is 1. The van der Waals surface area contributed by atoms with Gasteiger partial charge >= 0.3 is 0 Å². The van der Waals surface area contributed by atoms with Gasteiger partial charge in [0.1, 0.15) is 0 Å². The third-order valence-corrected chi connectivity index (χ3v) is 3.92. The lowest BCUT2D eigenvalue weighted by atomic mass is 9.73. The molecule has 0 saturated heterocycles. The Hall–Kier alpha value is -1.15. The van der Waals surface area contributed by atoms with Crippen molar-refractivity contribution in [2.75, 3.05) is 0 Å². The lowest BCUT2D eigenvalue weighted by Gasteiger charge is -2.34. The molecule has 0 fully saturated rings. The van der Waals surface area contributed by atoms with Crippen LogP contribution in [0.2, 0.25) is 0 Å². The topological polar surface area (TPSA) is 37.3 Å². The number of hydrogen-bond acceptors (Lipinski definition) is 2. The van der Waals surface area contributed by atoms with Gasteiger partial charge in [-0.25, -0.2) is 0 Å². The summed E-state index contributed by atoms with van der Waals surface area (Å²) in [7, 11) is 0. The van der Waals surface area contributed by atoms with Gasteiger partial charge in [0.25, 0.3) is 0 Å². The number of Topliss-reactive ketones (excluding diaryl/α,β-unsaturated/α-hetero) is 1. The van der Waals surface area contributed by atoms with E-state index >= 15 is 0 Å². The predicted octanol–water partition coefficient (Wildman–Crippen LogP) is 2.82. The second-order valence-electron chi connectivity index (χ2n) is 5.73. The van der Waals surface area contributed by atoms with E-state index in [1.165, 1.54) is 0 Å². The fraction of sp³-hybridized carbons (Fsp3) is 0.533. The van der Waals surface area contributed by atoms with Crippen molar-refractivity contribution in [3.63, 3.8) is 0 Å². The van der Waals surface area contributed by atoms with Gasteiger partial charge in [0, 0.05) is 12.0 Å². The Kier molecular flexibility index (Phi) is 2.86. The van der Waals surface area contributed by atoms with E-state index in [2.05, 4.69) is 6.07 Å². The van der Waals surface area contributed by atoms with E-state index in [0.717, 1.165) is 28.7 Å².